The fourth-order valence-electron chi connectivity index (χ4n) is 2.78. The van der Waals surface area contributed by atoms with Crippen molar-refractivity contribution in [1.82, 2.24) is 0 Å². The van der Waals surface area contributed by atoms with Crippen molar-refractivity contribution in [2.75, 3.05) is 6.61 Å². The predicted molar refractivity (Wildman–Crippen MR) is 96.5 cm³/mol. The smallest absolute Gasteiger partial charge is 0.200 e. The Labute approximate surface area is 141 Å². The maximum absolute atomic E-state index is 9.78. The summed E-state index contributed by atoms with van der Waals surface area (Å²) in [6.45, 7) is 4.72. The maximum Gasteiger partial charge on any atom is 0.200 e. The quantitative estimate of drug-likeness (QED) is 0.341. The summed E-state index contributed by atoms with van der Waals surface area (Å²) < 4.78 is 5.62. The highest BCUT2D eigenvalue weighted by atomic mass is 16.5. The van der Waals surface area contributed by atoms with E-state index in [0.29, 0.717) is 12.4 Å². The van der Waals surface area contributed by atoms with Gasteiger partial charge in [-0.05, 0) is 25.0 Å². The molecule has 0 aliphatic rings. The molecule has 0 aromatic heterocycles. The lowest BCUT2D eigenvalue weighted by molar-refractivity contribution is 0.281. The van der Waals surface area contributed by atoms with Crippen molar-refractivity contribution in [2.45, 2.75) is 84.5 Å². The van der Waals surface area contributed by atoms with Gasteiger partial charge < -0.3 is 14.9 Å². The van der Waals surface area contributed by atoms with E-state index >= 15 is 0 Å². The summed E-state index contributed by atoms with van der Waals surface area (Å²) in [5.41, 5.74) is 0.850. The largest absolute Gasteiger partial charge is 0.504 e. The molecule has 23 heavy (non-hydrogen) atoms. The van der Waals surface area contributed by atoms with Crippen LogP contribution in [0.1, 0.15) is 83.1 Å². The zero-order valence-electron chi connectivity index (χ0n) is 14.9. The Bertz CT molecular complexity index is 429. The van der Waals surface area contributed by atoms with Gasteiger partial charge in [0.05, 0.1) is 6.61 Å². The molecule has 0 unspecified atom stereocenters. The monoisotopic (exact) mass is 322 g/mol. The Morgan fingerprint density at radius 2 is 1.30 bits per heavy atom. The van der Waals surface area contributed by atoms with E-state index in [-0.39, 0.29) is 11.5 Å². The first kappa shape index (κ1) is 19.7. The molecule has 1 aromatic rings. The second kappa shape index (κ2) is 12.1. The Balaban J connectivity index is 1.99. The molecule has 0 bridgehead atoms. The van der Waals surface area contributed by atoms with Crippen molar-refractivity contribution < 1.29 is 14.9 Å². The number of hydrogen-bond donors (Lipinski definition) is 2. The molecule has 3 nitrogen and oxygen atoms in total. The molecule has 3 heteroatoms. The van der Waals surface area contributed by atoms with E-state index in [2.05, 4.69) is 6.92 Å². The van der Waals surface area contributed by atoms with Crippen LogP contribution in [-0.2, 0) is 0 Å². The number of aromatic hydroxyl groups is 2. The van der Waals surface area contributed by atoms with Crippen LogP contribution in [0.3, 0.4) is 0 Å². The molecule has 0 saturated carbocycles. The van der Waals surface area contributed by atoms with E-state index in [1.54, 1.807) is 6.07 Å². The highest BCUT2D eigenvalue weighted by Gasteiger charge is 2.10. The average molecular weight is 322 g/mol. The van der Waals surface area contributed by atoms with Gasteiger partial charge in [0.15, 0.2) is 11.5 Å². The minimum Gasteiger partial charge on any atom is -0.504 e. The summed E-state index contributed by atoms with van der Waals surface area (Å²) in [5, 5.41) is 19.3. The minimum absolute atomic E-state index is 0.121. The van der Waals surface area contributed by atoms with Crippen LogP contribution in [0.5, 0.6) is 17.2 Å². The third-order valence-corrected chi connectivity index (χ3v) is 4.30. The van der Waals surface area contributed by atoms with Crippen molar-refractivity contribution in [3.05, 3.63) is 17.7 Å². The van der Waals surface area contributed by atoms with Gasteiger partial charge in [0, 0.05) is 0 Å². The number of benzene rings is 1. The summed E-state index contributed by atoms with van der Waals surface area (Å²) >= 11 is 0. The second-order valence-electron chi connectivity index (χ2n) is 6.46. The van der Waals surface area contributed by atoms with Gasteiger partial charge in [-0.25, -0.2) is 0 Å². The molecular weight excluding hydrogens is 288 g/mol. The molecule has 0 radical (unpaired) electrons. The summed E-state index contributed by atoms with van der Waals surface area (Å²) in [4.78, 5) is 0. The van der Waals surface area contributed by atoms with Crippen molar-refractivity contribution in [1.29, 1.82) is 0 Å². The zero-order chi connectivity index (χ0) is 16.9. The molecule has 0 atom stereocenters. The van der Waals surface area contributed by atoms with Crippen molar-refractivity contribution in [3.63, 3.8) is 0 Å². The van der Waals surface area contributed by atoms with Crippen LogP contribution < -0.4 is 4.74 Å². The Morgan fingerprint density at radius 3 is 1.87 bits per heavy atom. The van der Waals surface area contributed by atoms with Gasteiger partial charge in [0.1, 0.15) is 0 Å². The fraction of sp³-hybridized carbons (Fsp3) is 0.700. The summed E-state index contributed by atoms with van der Waals surface area (Å²) in [6.07, 6.45) is 14.3. The van der Waals surface area contributed by atoms with Crippen LogP contribution in [0.15, 0.2) is 12.1 Å². The highest BCUT2D eigenvalue weighted by molar-refractivity contribution is 5.53. The summed E-state index contributed by atoms with van der Waals surface area (Å²) in [6, 6.07) is 3.24. The minimum atomic E-state index is -0.145. The Morgan fingerprint density at radius 1 is 0.783 bits per heavy atom. The van der Waals surface area contributed by atoms with Gasteiger partial charge >= 0.3 is 0 Å². The van der Waals surface area contributed by atoms with Crippen molar-refractivity contribution >= 4 is 0 Å². The van der Waals surface area contributed by atoms with Crippen LogP contribution in [0, 0.1) is 6.92 Å². The van der Waals surface area contributed by atoms with Crippen LogP contribution >= 0.6 is 0 Å². The normalized spacial score (nSPS) is 10.9. The number of hydrogen-bond acceptors (Lipinski definition) is 3. The number of ether oxygens (including phenoxy) is 1. The van der Waals surface area contributed by atoms with E-state index in [1.165, 1.54) is 63.9 Å². The molecule has 0 saturated heterocycles. The van der Waals surface area contributed by atoms with Crippen LogP contribution in [-0.4, -0.2) is 16.8 Å². The highest BCUT2D eigenvalue weighted by Crippen LogP contribution is 2.37. The summed E-state index contributed by atoms with van der Waals surface area (Å²) in [7, 11) is 0. The van der Waals surface area contributed by atoms with E-state index in [4.69, 9.17) is 4.74 Å². The SMILES string of the molecule is CCCCCCCCCCCCCOc1c(C)ccc(O)c1O. The molecular formula is C20H34O3. The maximum atomic E-state index is 9.78. The third-order valence-electron chi connectivity index (χ3n) is 4.30. The van der Waals surface area contributed by atoms with Gasteiger partial charge in [0.2, 0.25) is 5.75 Å². The number of phenolic OH excluding ortho intramolecular Hbond substituents is 2. The second-order valence-corrected chi connectivity index (χ2v) is 6.46. The number of phenols is 2. The lowest BCUT2D eigenvalue weighted by Gasteiger charge is -2.11. The number of rotatable bonds is 13. The topological polar surface area (TPSA) is 49.7 Å². The van der Waals surface area contributed by atoms with Crippen LogP contribution in [0.4, 0.5) is 0 Å². The van der Waals surface area contributed by atoms with E-state index in [9.17, 15) is 10.2 Å². The predicted octanol–water partition coefficient (Wildman–Crippen LogP) is 6.10. The third kappa shape index (κ3) is 8.15. The molecule has 0 aliphatic heterocycles. The zero-order valence-corrected chi connectivity index (χ0v) is 14.9. The molecule has 0 amide bonds. The summed E-state index contributed by atoms with van der Waals surface area (Å²) in [5.74, 6) is 0.148. The van der Waals surface area contributed by atoms with Gasteiger partial charge in [0.25, 0.3) is 0 Å². The van der Waals surface area contributed by atoms with Gasteiger partial charge in [-0.2, -0.15) is 0 Å². The fourth-order valence-corrected chi connectivity index (χ4v) is 2.78. The lowest BCUT2D eigenvalue weighted by atomic mass is 10.1. The molecule has 0 aliphatic carbocycles. The van der Waals surface area contributed by atoms with Gasteiger partial charge in [-0.1, -0.05) is 77.2 Å². The molecule has 0 spiro atoms. The first-order valence-corrected chi connectivity index (χ1v) is 9.31. The van der Waals surface area contributed by atoms with E-state index in [0.717, 1.165) is 18.4 Å². The average Bonchev–Trinajstić information content (AvgIpc) is 2.55. The molecule has 132 valence electrons. The van der Waals surface area contributed by atoms with Crippen molar-refractivity contribution in [3.8, 4) is 17.2 Å². The van der Waals surface area contributed by atoms with Crippen LogP contribution in [0.25, 0.3) is 0 Å². The first-order valence-electron chi connectivity index (χ1n) is 9.31. The molecule has 1 rings (SSSR count). The van der Waals surface area contributed by atoms with Crippen molar-refractivity contribution in [2.24, 2.45) is 0 Å². The lowest BCUT2D eigenvalue weighted by Crippen LogP contribution is -1.99. The number of unbranched alkanes of at least 4 members (excludes halogenated alkanes) is 10. The first-order chi connectivity index (χ1) is 11.2. The molecule has 2 N–H and O–H groups in total. The number of aryl methyl sites for hydroxylation is 1. The molecule has 0 heterocycles. The van der Waals surface area contributed by atoms with Gasteiger partial charge in [-0.15, -0.1) is 0 Å². The van der Waals surface area contributed by atoms with Gasteiger partial charge in [-0.3, -0.25) is 0 Å². The van der Waals surface area contributed by atoms with E-state index in [1.807, 2.05) is 6.92 Å². The molecule has 0 fully saturated rings. The standard InChI is InChI=1S/C20H34O3/c1-3-4-5-6-7-8-9-10-11-12-13-16-23-20-17(2)14-15-18(21)19(20)22/h14-15,21-22H,3-13,16H2,1-2H3. The van der Waals surface area contributed by atoms with E-state index < -0.39 is 0 Å². The Hall–Kier alpha value is -1.38. The Kier molecular flexibility index (Phi) is 10.3. The van der Waals surface area contributed by atoms with Crippen LogP contribution in [0.2, 0.25) is 0 Å². The molecule has 1 aromatic carbocycles.